The molecule has 0 aliphatic heterocycles. The van der Waals surface area contributed by atoms with E-state index in [0.29, 0.717) is 0 Å². The summed E-state index contributed by atoms with van der Waals surface area (Å²) in [5, 5.41) is 3.18. The van der Waals surface area contributed by atoms with E-state index in [1.807, 2.05) is 25.1 Å². The van der Waals surface area contributed by atoms with Gasteiger partial charge in [-0.2, -0.15) is 0 Å². The van der Waals surface area contributed by atoms with Gasteiger partial charge in [0.25, 0.3) is 0 Å². The van der Waals surface area contributed by atoms with E-state index < -0.39 is 0 Å². The molecule has 14 heavy (non-hydrogen) atoms. The summed E-state index contributed by atoms with van der Waals surface area (Å²) in [6, 6.07) is 8.17. The first-order valence-corrected chi connectivity index (χ1v) is 5.33. The molecule has 0 radical (unpaired) electrons. The molecular formula is C12H11NS. The lowest BCUT2D eigenvalue weighted by Crippen LogP contribution is -1.82. The molecule has 2 rings (SSSR count). The van der Waals surface area contributed by atoms with E-state index in [0.717, 1.165) is 21.8 Å². The summed E-state index contributed by atoms with van der Waals surface area (Å²) in [6.07, 6.45) is 1.87. The van der Waals surface area contributed by atoms with Crippen molar-refractivity contribution in [1.82, 2.24) is 4.98 Å². The zero-order valence-electron chi connectivity index (χ0n) is 8.03. The molecule has 70 valence electrons. The van der Waals surface area contributed by atoms with E-state index in [9.17, 15) is 0 Å². The Labute approximate surface area is 87.8 Å². The summed E-state index contributed by atoms with van der Waals surface area (Å²) in [5.74, 6) is 0. The Morgan fingerprint density at radius 2 is 2.14 bits per heavy atom. The number of hydrogen-bond donors (Lipinski definition) is 0. The van der Waals surface area contributed by atoms with Crippen molar-refractivity contribution in [1.29, 1.82) is 0 Å². The molecule has 0 aliphatic rings. The molecule has 0 saturated carbocycles. The molecule has 1 aromatic heterocycles. The van der Waals surface area contributed by atoms with Crippen molar-refractivity contribution in [3.63, 3.8) is 0 Å². The number of benzene rings is 1. The molecule has 1 heterocycles. The molecule has 0 N–H and O–H groups in total. The van der Waals surface area contributed by atoms with Crippen LogP contribution in [0.1, 0.15) is 10.6 Å². The summed E-state index contributed by atoms with van der Waals surface area (Å²) in [6.45, 7) is 5.82. The summed E-state index contributed by atoms with van der Waals surface area (Å²) < 4.78 is 0. The highest BCUT2D eigenvalue weighted by Gasteiger charge is 2.04. The SMILES string of the molecule is C=Cc1ccccc1-c1csc(C)n1. The van der Waals surface area contributed by atoms with Gasteiger partial charge in [0.15, 0.2) is 0 Å². The molecule has 2 aromatic rings. The normalized spacial score (nSPS) is 10.1. The molecule has 0 saturated heterocycles. The summed E-state index contributed by atoms with van der Waals surface area (Å²) in [7, 11) is 0. The van der Waals surface area contributed by atoms with E-state index in [2.05, 4.69) is 29.1 Å². The first-order chi connectivity index (χ1) is 6.81. The Kier molecular flexibility index (Phi) is 2.46. The average molecular weight is 201 g/mol. The lowest BCUT2D eigenvalue weighted by Gasteiger charge is -2.01. The second-order valence-electron chi connectivity index (χ2n) is 3.04. The van der Waals surface area contributed by atoms with Gasteiger partial charge in [0.05, 0.1) is 10.7 Å². The largest absolute Gasteiger partial charge is 0.242 e. The third kappa shape index (κ3) is 1.61. The lowest BCUT2D eigenvalue weighted by atomic mass is 10.1. The molecule has 0 spiro atoms. The number of aryl methyl sites for hydroxylation is 1. The standard InChI is InChI=1S/C12H11NS/c1-3-10-6-4-5-7-11(10)12-8-14-9(2)13-12/h3-8H,1H2,2H3. The monoisotopic (exact) mass is 201 g/mol. The minimum Gasteiger partial charge on any atom is -0.242 e. The Morgan fingerprint density at radius 1 is 1.36 bits per heavy atom. The lowest BCUT2D eigenvalue weighted by molar-refractivity contribution is 1.30. The van der Waals surface area contributed by atoms with Crippen LogP contribution in [0.2, 0.25) is 0 Å². The third-order valence-electron chi connectivity index (χ3n) is 2.08. The van der Waals surface area contributed by atoms with E-state index in [-0.39, 0.29) is 0 Å². The maximum atomic E-state index is 4.46. The maximum absolute atomic E-state index is 4.46. The maximum Gasteiger partial charge on any atom is 0.0901 e. The van der Waals surface area contributed by atoms with Gasteiger partial charge in [-0.1, -0.05) is 36.9 Å². The number of rotatable bonds is 2. The highest BCUT2D eigenvalue weighted by Crippen LogP contribution is 2.25. The van der Waals surface area contributed by atoms with Crippen LogP contribution in [-0.4, -0.2) is 4.98 Å². The Balaban J connectivity index is 2.55. The molecule has 1 aromatic carbocycles. The van der Waals surface area contributed by atoms with Crippen molar-refractivity contribution in [3.8, 4) is 11.3 Å². The van der Waals surface area contributed by atoms with Gasteiger partial charge in [0.2, 0.25) is 0 Å². The van der Waals surface area contributed by atoms with Crippen molar-refractivity contribution >= 4 is 17.4 Å². The first kappa shape index (κ1) is 9.16. The number of thiazole rings is 1. The van der Waals surface area contributed by atoms with Gasteiger partial charge < -0.3 is 0 Å². The van der Waals surface area contributed by atoms with Gasteiger partial charge in [0.1, 0.15) is 0 Å². The summed E-state index contributed by atoms with van der Waals surface area (Å²) in [5.41, 5.74) is 3.34. The Bertz CT molecular complexity index is 457. The van der Waals surface area contributed by atoms with Crippen molar-refractivity contribution in [2.75, 3.05) is 0 Å². The fourth-order valence-electron chi connectivity index (χ4n) is 1.40. The fraction of sp³-hybridized carbons (Fsp3) is 0.0833. The van der Waals surface area contributed by atoms with Gasteiger partial charge in [-0.3, -0.25) is 0 Å². The Morgan fingerprint density at radius 3 is 2.79 bits per heavy atom. The first-order valence-electron chi connectivity index (χ1n) is 4.45. The third-order valence-corrected chi connectivity index (χ3v) is 2.85. The number of nitrogens with zero attached hydrogens (tertiary/aromatic N) is 1. The molecule has 0 atom stereocenters. The van der Waals surface area contributed by atoms with Gasteiger partial charge in [-0.15, -0.1) is 11.3 Å². The second-order valence-corrected chi connectivity index (χ2v) is 4.11. The van der Waals surface area contributed by atoms with Crippen LogP contribution in [0.4, 0.5) is 0 Å². The van der Waals surface area contributed by atoms with E-state index in [1.54, 1.807) is 11.3 Å². The highest BCUT2D eigenvalue weighted by molar-refractivity contribution is 7.09. The van der Waals surface area contributed by atoms with E-state index >= 15 is 0 Å². The minimum absolute atomic E-state index is 1.04. The number of hydrogen-bond acceptors (Lipinski definition) is 2. The molecular weight excluding hydrogens is 190 g/mol. The molecule has 0 amide bonds. The van der Waals surface area contributed by atoms with Crippen LogP contribution in [0.5, 0.6) is 0 Å². The van der Waals surface area contributed by atoms with Crippen LogP contribution in [0.25, 0.3) is 17.3 Å². The summed E-state index contributed by atoms with van der Waals surface area (Å²) >= 11 is 1.67. The van der Waals surface area contributed by atoms with Gasteiger partial charge in [-0.25, -0.2) is 4.98 Å². The van der Waals surface area contributed by atoms with E-state index in [1.165, 1.54) is 0 Å². The van der Waals surface area contributed by atoms with Crippen molar-refractivity contribution in [3.05, 3.63) is 46.8 Å². The number of aromatic nitrogens is 1. The van der Waals surface area contributed by atoms with Gasteiger partial charge in [0, 0.05) is 10.9 Å². The second kappa shape index (κ2) is 3.76. The zero-order chi connectivity index (χ0) is 9.97. The average Bonchev–Trinajstić information content (AvgIpc) is 2.65. The van der Waals surface area contributed by atoms with Crippen LogP contribution >= 0.6 is 11.3 Å². The van der Waals surface area contributed by atoms with Crippen LogP contribution < -0.4 is 0 Å². The predicted octanol–water partition coefficient (Wildman–Crippen LogP) is 3.76. The highest BCUT2D eigenvalue weighted by atomic mass is 32.1. The molecule has 0 bridgehead atoms. The topological polar surface area (TPSA) is 12.9 Å². The molecule has 0 unspecified atom stereocenters. The van der Waals surface area contributed by atoms with Crippen LogP contribution in [-0.2, 0) is 0 Å². The van der Waals surface area contributed by atoms with Crippen LogP contribution in [0, 0.1) is 6.92 Å². The quantitative estimate of drug-likeness (QED) is 0.721. The van der Waals surface area contributed by atoms with E-state index in [4.69, 9.17) is 0 Å². The van der Waals surface area contributed by atoms with Crippen molar-refractivity contribution in [2.45, 2.75) is 6.92 Å². The van der Waals surface area contributed by atoms with Gasteiger partial charge >= 0.3 is 0 Å². The molecule has 2 heteroatoms. The Hall–Kier alpha value is -1.41. The summed E-state index contributed by atoms with van der Waals surface area (Å²) in [4.78, 5) is 4.46. The predicted molar refractivity (Wildman–Crippen MR) is 62.4 cm³/mol. The minimum atomic E-state index is 1.04. The molecule has 0 fully saturated rings. The van der Waals surface area contributed by atoms with Gasteiger partial charge in [-0.05, 0) is 12.5 Å². The van der Waals surface area contributed by atoms with Crippen LogP contribution in [0.15, 0.2) is 36.2 Å². The molecule has 0 aliphatic carbocycles. The smallest absolute Gasteiger partial charge is 0.0901 e. The fourth-order valence-corrected chi connectivity index (χ4v) is 2.01. The van der Waals surface area contributed by atoms with Crippen molar-refractivity contribution in [2.24, 2.45) is 0 Å². The zero-order valence-corrected chi connectivity index (χ0v) is 8.84. The van der Waals surface area contributed by atoms with Crippen molar-refractivity contribution < 1.29 is 0 Å². The molecule has 1 nitrogen and oxygen atoms in total. The van der Waals surface area contributed by atoms with Crippen LogP contribution in [0.3, 0.4) is 0 Å².